The average Bonchev–Trinajstić information content (AvgIpc) is 3.04. The summed E-state index contributed by atoms with van der Waals surface area (Å²) in [7, 11) is 3.02. The summed E-state index contributed by atoms with van der Waals surface area (Å²) in [6, 6.07) is 9.82. The number of carbonyl (C=O) groups excluding carboxylic acids is 2. The summed E-state index contributed by atoms with van der Waals surface area (Å²) in [6.45, 7) is 6.52. The molecule has 1 saturated heterocycles. The van der Waals surface area contributed by atoms with Gasteiger partial charge < -0.3 is 24.2 Å². The van der Waals surface area contributed by atoms with Crippen LogP contribution in [0.5, 0.6) is 17.2 Å². The normalized spacial score (nSPS) is 17.5. The zero-order valence-electron chi connectivity index (χ0n) is 19.1. The maximum absolute atomic E-state index is 13.1. The number of nitrogens with zero attached hydrogens (tertiary/aromatic N) is 1. The molecule has 3 rings (SSSR count). The van der Waals surface area contributed by atoms with Crippen LogP contribution in [0.4, 0.5) is 0 Å². The molecular weight excluding hydrogens is 410 g/mol. The van der Waals surface area contributed by atoms with Gasteiger partial charge >= 0.3 is 0 Å². The molecule has 1 aliphatic heterocycles. The maximum Gasteiger partial charge on any atom is 0.295 e. The third-order valence-electron chi connectivity index (χ3n) is 5.42. The van der Waals surface area contributed by atoms with Gasteiger partial charge in [0.1, 0.15) is 11.5 Å². The molecule has 32 heavy (non-hydrogen) atoms. The number of aryl methyl sites for hydroxylation is 1. The topological polar surface area (TPSA) is 85.3 Å². The summed E-state index contributed by atoms with van der Waals surface area (Å²) in [5, 5.41) is 11.3. The van der Waals surface area contributed by atoms with E-state index in [0.29, 0.717) is 47.9 Å². The zero-order chi connectivity index (χ0) is 23.4. The van der Waals surface area contributed by atoms with Gasteiger partial charge in [-0.2, -0.15) is 0 Å². The minimum atomic E-state index is -0.759. The van der Waals surface area contributed by atoms with Gasteiger partial charge in [0, 0.05) is 6.54 Å². The number of hydrogen-bond acceptors (Lipinski definition) is 6. The standard InChI is InChI=1S/C25H29NO6/c1-6-12-26-22(16-9-11-19(32-7-2)20(14-16)31-5)21(24(28)25(26)29)23(27)17-13-15(3)8-10-18(17)30-4/h8-11,13-14,22,27H,6-7,12H2,1-5H3/b23-21+. The van der Waals surface area contributed by atoms with E-state index in [0.717, 1.165) is 5.56 Å². The number of amides is 1. The Labute approximate surface area is 188 Å². The van der Waals surface area contributed by atoms with Crippen molar-refractivity contribution in [3.63, 3.8) is 0 Å². The monoisotopic (exact) mass is 439 g/mol. The second-order valence-electron chi connectivity index (χ2n) is 7.54. The second-order valence-corrected chi connectivity index (χ2v) is 7.54. The maximum atomic E-state index is 13.1. The smallest absolute Gasteiger partial charge is 0.295 e. The van der Waals surface area contributed by atoms with E-state index in [9.17, 15) is 14.7 Å². The van der Waals surface area contributed by atoms with E-state index >= 15 is 0 Å². The molecule has 7 heteroatoms. The average molecular weight is 440 g/mol. The van der Waals surface area contributed by atoms with Crippen molar-refractivity contribution in [2.24, 2.45) is 0 Å². The molecule has 0 radical (unpaired) electrons. The van der Waals surface area contributed by atoms with Gasteiger partial charge in [-0.15, -0.1) is 0 Å². The fraction of sp³-hybridized carbons (Fsp3) is 0.360. The van der Waals surface area contributed by atoms with E-state index in [1.54, 1.807) is 30.3 Å². The molecule has 1 atom stereocenters. The first-order valence-corrected chi connectivity index (χ1v) is 10.6. The molecule has 1 N–H and O–H groups in total. The van der Waals surface area contributed by atoms with Crippen LogP contribution in [-0.4, -0.2) is 49.1 Å². The lowest BCUT2D eigenvalue weighted by atomic mass is 9.94. The van der Waals surface area contributed by atoms with Crippen molar-refractivity contribution in [3.05, 3.63) is 58.7 Å². The lowest BCUT2D eigenvalue weighted by Gasteiger charge is -2.25. The fourth-order valence-electron chi connectivity index (χ4n) is 3.98. The summed E-state index contributed by atoms with van der Waals surface area (Å²) in [6.07, 6.45) is 0.658. The number of aliphatic hydroxyl groups is 1. The molecule has 1 heterocycles. The Morgan fingerprint density at radius 2 is 1.69 bits per heavy atom. The molecule has 0 bridgehead atoms. The van der Waals surface area contributed by atoms with Crippen LogP contribution in [0.25, 0.3) is 5.76 Å². The predicted octanol–water partition coefficient (Wildman–Crippen LogP) is 4.24. The molecule has 1 fully saturated rings. The van der Waals surface area contributed by atoms with Gasteiger partial charge in [-0.3, -0.25) is 9.59 Å². The van der Waals surface area contributed by atoms with Crippen molar-refractivity contribution < 1.29 is 28.9 Å². The quantitative estimate of drug-likeness (QED) is 0.376. The number of methoxy groups -OCH3 is 2. The largest absolute Gasteiger partial charge is 0.507 e. The van der Waals surface area contributed by atoms with E-state index in [4.69, 9.17) is 14.2 Å². The number of benzene rings is 2. The Bertz CT molecular complexity index is 1060. The third-order valence-corrected chi connectivity index (χ3v) is 5.42. The molecule has 0 aliphatic carbocycles. The second kappa shape index (κ2) is 9.77. The van der Waals surface area contributed by atoms with Crippen molar-refractivity contribution >= 4 is 17.4 Å². The van der Waals surface area contributed by atoms with Crippen molar-refractivity contribution in [1.29, 1.82) is 0 Å². The van der Waals surface area contributed by atoms with Crippen molar-refractivity contribution in [2.75, 3.05) is 27.4 Å². The summed E-state index contributed by atoms with van der Waals surface area (Å²) >= 11 is 0. The number of ketones is 1. The van der Waals surface area contributed by atoms with E-state index in [1.165, 1.54) is 19.1 Å². The Balaban J connectivity index is 2.24. The highest BCUT2D eigenvalue weighted by Gasteiger charge is 2.46. The Hall–Kier alpha value is -3.48. The summed E-state index contributed by atoms with van der Waals surface area (Å²) in [5.74, 6) is -0.167. The molecule has 1 unspecified atom stereocenters. The number of rotatable bonds is 8. The van der Waals surface area contributed by atoms with Crippen LogP contribution in [-0.2, 0) is 9.59 Å². The highest BCUT2D eigenvalue weighted by molar-refractivity contribution is 6.46. The molecule has 7 nitrogen and oxygen atoms in total. The molecule has 2 aromatic carbocycles. The van der Waals surface area contributed by atoms with Crippen LogP contribution in [0.15, 0.2) is 42.0 Å². The molecule has 170 valence electrons. The number of carbonyl (C=O) groups is 2. The van der Waals surface area contributed by atoms with Crippen LogP contribution in [0.2, 0.25) is 0 Å². The number of likely N-dealkylation sites (tertiary alicyclic amines) is 1. The van der Waals surface area contributed by atoms with Crippen molar-refractivity contribution in [1.82, 2.24) is 4.90 Å². The number of aliphatic hydroxyl groups excluding tert-OH is 1. The molecule has 2 aromatic rings. The minimum Gasteiger partial charge on any atom is -0.507 e. The van der Waals surface area contributed by atoms with E-state index < -0.39 is 17.7 Å². The fourth-order valence-corrected chi connectivity index (χ4v) is 3.98. The molecule has 0 saturated carbocycles. The number of hydrogen-bond donors (Lipinski definition) is 1. The zero-order valence-corrected chi connectivity index (χ0v) is 19.1. The predicted molar refractivity (Wildman–Crippen MR) is 121 cm³/mol. The molecule has 1 amide bonds. The molecular formula is C25H29NO6. The van der Waals surface area contributed by atoms with Crippen LogP contribution < -0.4 is 14.2 Å². The Morgan fingerprint density at radius 3 is 2.31 bits per heavy atom. The van der Waals surface area contributed by atoms with Gasteiger partial charge in [0.15, 0.2) is 11.5 Å². The minimum absolute atomic E-state index is 0.0264. The first-order valence-electron chi connectivity index (χ1n) is 10.6. The summed E-state index contributed by atoms with van der Waals surface area (Å²) < 4.78 is 16.5. The summed E-state index contributed by atoms with van der Waals surface area (Å²) in [5.41, 5.74) is 1.92. The first-order chi connectivity index (χ1) is 15.4. The van der Waals surface area contributed by atoms with Gasteiger partial charge in [0.05, 0.1) is 38.0 Å². The van der Waals surface area contributed by atoms with Crippen molar-refractivity contribution in [2.45, 2.75) is 33.2 Å². The highest BCUT2D eigenvalue weighted by Crippen LogP contribution is 2.43. The summed E-state index contributed by atoms with van der Waals surface area (Å²) in [4.78, 5) is 27.5. The van der Waals surface area contributed by atoms with Crippen LogP contribution >= 0.6 is 0 Å². The van der Waals surface area contributed by atoms with Gasteiger partial charge in [0.2, 0.25) is 0 Å². The Kier molecular flexibility index (Phi) is 7.08. The third kappa shape index (κ3) is 4.15. The highest BCUT2D eigenvalue weighted by atomic mass is 16.5. The van der Waals surface area contributed by atoms with E-state index in [1.807, 2.05) is 26.8 Å². The van der Waals surface area contributed by atoms with Gasteiger partial charge in [-0.1, -0.05) is 24.6 Å². The van der Waals surface area contributed by atoms with Crippen LogP contribution in [0, 0.1) is 6.92 Å². The number of ether oxygens (including phenoxy) is 3. The van der Waals surface area contributed by atoms with Crippen LogP contribution in [0.3, 0.4) is 0 Å². The lowest BCUT2D eigenvalue weighted by Crippen LogP contribution is -2.30. The lowest BCUT2D eigenvalue weighted by molar-refractivity contribution is -0.139. The van der Waals surface area contributed by atoms with Gasteiger partial charge in [-0.25, -0.2) is 0 Å². The van der Waals surface area contributed by atoms with Gasteiger partial charge in [0.25, 0.3) is 11.7 Å². The molecule has 1 aliphatic rings. The SMILES string of the molecule is CCCN1C(=O)C(=O)/C(=C(/O)c2cc(C)ccc2OC)C1c1ccc(OCC)c(OC)c1. The Morgan fingerprint density at radius 1 is 1.00 bits per heavy atom. The van der Waals surface area contributed by atoms with E-state index in [-0.39, 0.29) is 11.3 Å². The van der Waals surface area contributed by atoms with E-state index in [2.05, 4.69) is 0 Å². The molecule has 0 aromatic heterocycles. The van der Waals surface area contributed by atoms with Crippen molar-refractivity contribution in [3.8, 4) is 17.2 Å². The van der Waals surface area contributed by atoms with Gasteiger partial charge in [-0.05, 0) is 50.1 Å². The molecule has 0 spiro atoms. The number of Topliss-reactive ketones (excluding diaryl/α,β-unsaturated/α-hetero) is 1. The van der Waals surface area contributed by atoms with Crippen LogP contribution in [0.1, 0.15) is 43.0 Å². The first kappa shape index (κ1) is 23.2.